The van der Waals surface area contributed by atoms with Gasteiger partial charge >= 0.3 is 0 Å². The number of nitrogens with one attached hydrogen (secondary N) is 2. The maximum Gasteiger partial charge on any atom is 0.276 e. The molecule has 0 saturated carbocycles. The summed E-state index contributed by atoms with van der Waals surface area (Å²) in [5, 5.41) is 20.6. The molecule has 0 aliphatic heterocycles. The molecule has 116 valence electrons. The number of aliphatic hydroxyl groups is 1. The predicted molar refractivity (Wildman–Crippen MR) is 77.6 cm³/mol. The summed E-state index contributed by atoms with van der Waals surface area (Å²) in [7, 11) is 0. The highest BCUT2D eigenvalue weighted by atomic mass is 16.5. The van der Waals surface area contributed by atoms with E-state index in [4.69, 9.17) is 5.21 Å². The van der Waals surface area contributed by atoms with E-state index >= 15 is 0 Å². The van der Waals surface area contributed by atoms with Gasteiger partial charge in [-0.25, -0.2) is 5.48 Å². The van der Waals surface area contributed by atoms with E-state index in [0.717, 1.165) is 19.3 Å². The summed E-state index contributed by atoms with van der Waals surface area (Å²) in [6.07, 6.45) is 2.88. The van der Waals surface area contributed by atoms with E-state index in [2.05, 4.69) is 5.32 Å². The number of aryl methyl sites for hydroxylation is 1. The molecule has 0 fully saturated rings. The second-order valence-corrected chi connectivity index (χ2v) is 5.18. The van der Waals surface area contributed by atoms with E-state index in [1.165, 1.54) is 18.0 Å². The van der Waals surface area contributed by atoms with Gasteiger partial charge in [0.1, 0.15) is 0 Å². The first-order valence-electron chi connectivity index (χ1n) is 6.93. The normalized spacial score (nSPS) is 13.3. The van der Waals surface area contributed by atoms with Crippen LogP contribution in [0.1, 0.15) is 31.7 Å². The largest absolute Gasteiger partial charge is 0.378 e. The van der Waals surface area contributed by atoms with Crippen LogP contribution >= 0.6 is 0 Å². The van der Waals surface area contributed by atoms with E-state index in [-0.39, 0.29) is 12.5 Å². The maximum atomic E-state index is 11.6. The molecule has 1 aromatic carbocycles. The third kappa shape index (κ3) is 6.37. The van der Waals surface area contributed by atoms with Crippen molar-refractivity contribution in [3.63, 3.8) is 0 Å². The van der Waals surface area contributed by atoms with Crippen molar-refractivity contribution in [2.75, 3.05) is 6.54 Å². The quantitative estimate of drug-likeness (QED) is 0.323. The van der Waals surface area contributed by atoms with E-state index in [9.17, 15) is 14.7 Å². The molecule has 0 aliphatic carbocycles. The molecule has 6 nitrogen and oxygen atoms in total. The molecule has 0 aromatic heterocycles. The van der Waals surface area contributed by atoms with Gasteiger partial charge in [-0.15, -0.1) is 0 Å². The first-order valence-corrected chi connectivity index (χ1v) is 6.93. The maximum absolute atomic E-state index is 11.6. The molecule has 1 aromatic rings. The zero-order chi connectivity index (χ0) is 15.7. The van der Waals surface area contributed by atoms with Crippen LogP contribution in [-0.2, 0) is 16.0 Å². The molecule has 0 heterocycles. The van der Waals surface area contributed by atoms with E-state index in [1.807, 2.05) is 30.3 Å². The fourth-order valence-corrected chi connectivity index (χ4v) is 1.82. The van der Waals surface area contributed by atoms with Gasteiger partial charge in [-0.3, -0.25) is 14.8 Å². The number of hydrogen-bond donors (Lipinski definition) is 4. The SMILES string of the molecule is CC(O)(CNC(=O)CCCCc1ccccc1)C(=O)NO. The van der Waals surface area contributed by atoms with Crippen LogP contribution in [0.25, 0.3) is 0 Å². The monoisotopic (exact) mass is 294 g/mol. The van der Waals surface area contributed by atoms with Crippen molar-refractivity contribution >= 4 is 11.8 Å². The lowest BCUT2D eigenvalue weighted by atomic mass is 10.1. The van der Waals surface area contributed by atoms with Gasteiger partial charge in [0.25, 0.3) is 5.91 Å². The Kier molecular flexibility index (Phi) is 6.84. The molecule has 0 saturated heterocycles. The van der Waals surface area contributed by atoms with Gasteiger partial charge in [-0.05, 0) is 31.7 Å². The number of unbranched alkanes of at least 4 members (excludes halogenated alkanes) is 1. The Morgan fingerprint density at radius 3 is 2.48 bits per heavy atom. The van der Waals surface area contributed by atoms with Gasteiger partial charge in [-0.2, -0.15) is 0 Å². The van der Waals surface area contributed by atoms with Crippen LogP contribution in [0.15, 0.2) is 30.3 Å². The molecular weight excluding hydrogens is 272 g/mol. The summed E-state index contributed by atoms with van der Waals surface area (Å²) >= 11 is 0. The first kappa shape index (κ1) is 17.1. The van der Waals surface area contributed by atoms with Crippen molar-refractivity contribution in [2.24, 2.45) is 0 Å². The van der Waals surface area contributed by atoms with E-state index in [1.54, 1.807) is 0 Å². The molecule has 1 unspecified atom stereocenters. The number of hydroxylamine groups is 1. The summed E-state index contributed by atoms with van der Waals surface area (Å²) in [4.78, 5) is 22.7. The Balaban J connectivity index is 2.18. The third-order valence-corrected chi connectivity index (χ3v) is 3.18. The summed E-state index contributed by atoms with van der Waals surface area (Å²) in [5.41, 5.74) is 0.771. The third-order valence-electron chi connectivity index (χ3n) is 3.18. The number of rotatable bonds is 8. The van der Waals surface area contributed by atoms with Gasteiger partial charge in [-0.1, -0.05) is 30.3 Å². The average Bonchev–Trinajstić information content (AvgIpc) is 2.49. The van der Waals surface area contributed by atoms with Crippen LogP contribution in [0.3, 0.4) is 0 Å². The molecular formula is C15H22N2O4. The molecule has 2 amide bonds. The molecule has 6 heteroatoms. The van der Waals surface area contributed by atoms with Crippen LogP contribution < -0.4 is 10.8 Å². The minimum atomic E-state index is -1.82. The Hall–Kier alpha value is -1.92. The highest BCUT2D eigenvalue weighted by Gasteiger charge is 2.30. The van der Waals surface area contributed by atoms with Crippen LogP contribution in [0, 0.1) is 0 Å². The number of hydrogen-bond acceptors (Lipinski definition) is 4. The first-order chi connectivity index (χ1) is 9.95. The molecule has 0 radical (unpaired) electrons. The van der Waals surface area contributed by atoms with E-state index in [0.29, 0.717) is 6.42 Å². The Morgan fingerprint density at radius 2 is 1.86 bits per heavy atom. The second-order valence-electron chi connectivity index (χ2n) is 5.18. The van der Waals surface area contributed by atoms with Crippen molar-refractivity contribution in [1.82, 2.24) is 10.8 Å². The lowest BCUT2D eigenvalue weighted by molar-refractivity contribution is -0.147. The zero-order valence-corrected chi connectivity index (χ0v) is 12.1. The van der Waals surface area contributed by atoms with E-state index < -0.39 is 11.5 Å². The standard InChI is InChI=1S/C15H22N2O4/c1-15(20,14(19)17-21)11-16-13(18)10-6-5-9-12-7-3-2-4-8-12/h2-4,7-8,20-21H,5-6,9-11H2,1H3,(H,16,18)(H,17,19). The van der Waals surface area contributed by atoms with Crippen molar-refractivity contribution in [3.8, 4) is 0 Å². The van der Waals surface area contributed by atoms with Crippen molar-refractivity contribution in [1.29, 1.82) is 0 Å². The Morgan fingerprint density at radius 1 is 1.19 bits per heavy atom. The van der Waals surface area contributed by atoms with Gasteiger partial charge in [0.15, 0.2) is 5.60 Å². The highest BCUT2D eigenvalue weighted by molar-refractivity contribution is 5.84. The van der Waals surface area contributed by atoms with Gasteiger partial charge in [0, 0.05) is 6.42 Å². The molecule has 0 spiro atoms. The average molecular weight is 294 g/mol. The number of carbonyl (C=O) groups is 2. The summed E-state index contributed by atoms with van der Waals surface area (Å²) in [6, 6.07) is 10.0. The number of benzene rings is 1. The Labute approximate surface area is 124 Å². The van der Waals surface area contributed by atoms with Gasteiger partial charge in [0.05, 0.1) is 6.54 Å². The van der Waals surface area contributed by atoms with Crippen LogP contribution in [-0.4, -0.2) is 34.3 Å². The smallest absolute Gasteiger partial charge is 0.276 e. The summed E-state index contributed by atoms with van der Waals surface area (Å²) < 4.78 is 0. The van der Waals surface area contributed by atoms with Crippen LogP contribution in [0.4, 0.5) is 0 Å². The Bertz CT molecular complexity index is 460. The number of carbonyl (C=O) groups excluding carboxylic acids is 2. The van der Waals surface area contributed by atoms with Crippen LogP contribution in [0.2, 0.25) is 0 Å². The fraction of sp³-hybridized carbons (Fsp3) is 0.467. The molecule has 0 bridgehead atoms. The minimum absolute atomic E-state index is 0.228. The summed E-state index contributed by atoms with van der Waals surface area (Å²) in [5.74, 6) is -1.18. The molecule has 0 aliphatic rings. The fourth-order valence-electron chi connectivity index (χ4n) is 1.82. The van der Waals surface area contributed by atoms with Crippen molar-refractivity contribution in [2.45, 2.75) is 38.2 Å². The number of amides is 2. The van der Waals surface area contributed by atoms with Gasteiger partial charge < -0.3 is 10.4 Å². The molecule has 4 N–H and O–H groups in total. The van der Waals surface area contributed by atoms with Crippen molar-refractivity contribution < 1.29 is 19.9 Å². The lowest BCUT2D eigenvalue weighted by Crippen LogP contribution is -2.51. The summed E-state index contributed by atoms with van der Waals surface area (Å²) in [6.45, 7) is 0.977. The lowest BCUT2D eigenvalue weighted by Gasteiger charge is -2.20. The highest BCUT2D eigenvalue weighted by Crippen LogP contribution is 2.06. The minimum Gasteiger partial charge on any atom is -0.378 e. The molecule has 21 heavy (non-hydrogen) atoms. The van der Waals surface area contributed by atoms with Crippen LogP contribution in [0.5, 0.6) is 0 Å². The molecule has 1 rings (SSSR count). The predicted octanol–water partition coefficient (Wildman–Crippen LogP) is 0.772. The van der Waals surface area contributed by atoms with Crippen molar-refractivity contribution in [3.05, 3.63) is 35.9 Å². The zero-order valence-electron chi connectivity index (χ0n) is 12.1. The topological polar surface area (TPSA) is 98.7 Å². The second kappa shape index (κ2) is 8.39. The van der Waals surface area contributed by atoms with Gasteiger partial charge in [0.2, 0.25) is 5.91 Å². The molecule has 1 atom stereocenters.